The minimum atomic E-state index is -0.164. The number of pyridine rings is 1. The van der Waals surface area contributed by atoms with Gasteiger partial charge in [0.25, 0.3) is 0 Å². The minimum absolute atomic E-state index is 0.164. The molecule has 0 radical (unpaired) electrons. The minimum Gasteiger partial charge on any atom is -0.474 e. The van der Waals surface area contributed by atoms with Crippen molar-refractivity contribution in [2.24, 2.45) is 14.1 Å². The van der Waals surface area contributed by atoms with Gasteiger partial charge in [-0.2, -0.15) is 15.5 Å². The van der Waals surface area contributed by atoms with Crippen molar-refractivity contribution < 1.29 is 4.74 Å². The van der Waals surface area contributed by atoms with Gasteiger partial charge in [-0.15, -0.1) is 0 Å². The van der Waals surface area contributed by atoms with Crippen molar-refractivity contribution in [3.63, 3.8) is 0 Å². The molecule has 3 N–H and O–H groups in total. The number of anilines is 2. The first-order valence-electron chi connectivity index (χ1n) is 11.4. The lowest BCUT2D eigenvalue weighted by atomic mass is 10.2. The summed E-state index contributed by atoms with van der Waals surface area (Å²) < 4.78 is 9.47. The maximum atomic E-state index is 9.24. The summed E-state index contributed by atoms with van der Waals surface area (Å²) >= 11 is 6.13. The van der Waals surface area contributed by atoms with Crippen molar-refractivity contribution >= 4 is 23.1 Å². The van der Waals surface area contributed by atoms with Gasteiger partial charge in [0, 0.05) is 45.7 Å². The number of hydrogen-bond donors (Lipinski definition) is 2. The zero-order valence-electron chi connectivity index (χ0n) is 20.8. The van der Waals surface area contributed by atoms with Gasteiger partial charge in [-0.05, 0) is 26.0 Å². The van der Waals surface area contributed by atoms with Gasteiger partial charge in [0.15, 0.2) is 11.5 Å². The molecule has 11 nitrogen and oxygen atoms in total. The van der Waals surface area contributed by atoms with Crippen molar-refractivity contribution in [3.8, 4) is 35.2 Å². The van der Waals surface area contributed by atoms with E-state index in [0.29, 0.717) is 52.3 Å². The first-order valence-corrected chi connectivity index (χ1v) is 11.8. The van der Waals surface area contributed by atoms with E-state index in [9.17, 15) is 5.26 Å². The predicted octanol–water partition coefficient (Wildman–Crippen LogP) is 3.09. The van der Waals surface area contributed by atoms with E-state index in [0.717, 1.165) is 11.4 Å². The van der Waals surface area contributed by atoms with Crippen molar-refractivity contribution in [2.75, 3.05) is 17.6 Å². The molecule has 37 heavy (non-hydrogen) atoms. The average Bonchev–Trinajstić information content (AvgIpc) is 3.35. The van der Waals surface area contributed by atoms with E-state index >= 15 is 0 Å². The zero-order chi connectivity index (χ0) is 26.5. The molecule has 188 valence electrons. The Morgan fingerprint density at radius 3 is 2.76 bits per heavy atom. The zero-order valence-corrected chi connectivity index (χ0v) is 21.6. The third-order valence-electron chi connectivity index (χ3n) is 5.39. The van der Waals surface area contributed by atoms with Crippen LogP contribution in [0.1, 0.15) is 35.9 Å². The van der Waals surface area contributed by atoms with Crippen LogP contribution in [0.4, 0.5) is 11.5 Å². The summed E-state index contributed by atoms with van der Waals surface area (Å²) in [4.78, 5) is 12.8. The van der Waals surface area contributed by atoms with E-state index in [2.05, 4.69) is 42.3 Å². The molecule has 0 unspecified atom stereocenters. The molecule has 0 spiro atoms. The Kier molecular flexibility index (Phi) is 7.56. The van der Waals surface area contributed by atoms with Crippen molar-refractivity contribution in [1.82, 2.24) is 34.5 Å². The van der Waals surface area contributed by atoms with Gasteiger partial charge in [0.1, 0.15) is 22.6 Å². The number of rotatable bonds is 7. The normalized spacial score (nSPS) is 11.4. The van der Waals surface area contributed by atoms with Crippen LogP contribution in [0.15, 0.2) is 30.7 Å². The Balaban J connectivity index is 1.46. The molecule has 4 aromatic rings. The van der Waals surface area contributed by atoms with Crippen LogP contribution < -0.4 is 15.8 Å². The molecule has 0 aromatic carbocycles. The van der Waals surface area contributed by atoms with E-state index in [1.165, 1.54) is 0 Å². The highest BCUT2D eigenvalue weighted by Crippen LogP contribution is 2.31. The second-order valence-corrected chi connectivity index (χ2v) is 8.70. The number of halogens is 1. The number of nitrogens with zero attached hydrogens (tertiary/aromatic N) is 8. The molecular weight excluding hydrogens is 492 g/mol. The lowest BCUT2D eigenvalue weighted by molar-refractivity contribution is 0.198. The molecule has 0 fully saturated rings. The van der Waals surface area contributed by atoms with Crippen molar-refractivity contribution in [1.29, 1.82) is 5.26 Å². The van der Waals surface area contributed by atoms with E-state index in [1.807, 2.05) is 27.0 Å². The summed E-state index contributed by atoms with van der Waals surface area (Å²) in [6.07, 6.45) is 5.40. The van der Waals surface area contributed by atoms with Gasteiger partial charge in [0.2, 0.25) is 5.88 Å². The number of hydrogen-bond acceptors (Lipinski definition) is 9. The quantitative estimate of drug-likeness (QED) is 0.279. The molecule has 0 saturated carbocycles. The van der Waals surface area contributed by atoms with Gasteiger partial charge in [-0.1, -0.05) is 23.4 Å². The molecule has 0 aliphatic carbocycles. The van der Waals surface area contributed by atoms with E-state index < -0.39 is 0 Å². The Hall–Kier alpha value is -4.61. The highest BCUT2D eigenvalue weighted by atomic mass is 35.5. The number of nitrogens with one attached hydrogen (secondary N) is 1. The summed E-state index contributed by atoms with van der Waals surface area (Å²) in [6.45, 7) is 4.43. The number of aryl methyl sites for hydroxylation is 3. The number of nitrogens with two attached hydrogens (primary N) is 1. The van der Waals surface area contributed by atoms with Gasteiger partial charge >= 0.3 is 0 Å². The van der Waals surface area contributed by atoms with Crippen LogP contribution in [0.3, 0.4) is 0 Å². The number of nitrogen functional groups attached to an aromatic ring is 1. The Labute approximate surface area is 219 Å². The monoisotopic (exact) mass is 516 g/mol. The SMILES string of the molecule is Cc1nn(C)c(O[C@@H](C)CCNc2cc(Cl)ncc2C#Cc2cn(C)nc2C#N)c1-c1nccc(N)n1. The molecule has 0 saturated heterocycles. The van der Waals surface area contributed by atoms with E-state index in [1.54, 1.807) is 47.1 Å². The smallest absolute Gasteiger partial charge is 0.223 e. The molecule has 0 aliphatic rings. The van der Waals surface area contributed by atoms with Gasteiger partial charge in [0.05, 0.1) is 28.6 Å². The molecule has 4 heterocycles. The number of aromatic nitrogens is 7. The Bertz CT molecular complexity index is 1540. The summed E-state index contributed by atoms with van der Waals surface area (Å²) in [5.74, 6) is 7.46. The fourth-order valence-corrected chi connectivity index (χ4v) is 3.81. The molecular formula is C25H25ClN10O. The van der Waals surface area contributed by atoms with Crippen LogP contribution >= 0.6 is 11.6 Å². The van der Waals surface area contributed by atoms with Gasteiger partial charge in [-0.3, -0.25) is 4.68 Å². The number of nitriles is 1. The molecule has 0 amide bonds. The van der Waals surface area contributed by atoms with Crippen LogP contribution in [-0.2, 0) is 14.1 Å². The average molecular weight is 517 g/mol. The predicted molar refractivity (Wildman–Crippen MR) is 140 cm³/mol. The van der Waals surface area contributed by atoms with E-state index in [4.69, 9.17) is 22.1 Å². The first-order chi connectivity index (χ1) is 17.7. The lowest BCUT2D eigenvalue weighted by Crippen LogP contribution is -2.19. The van der Waals surface area contributed by atoms with Crippen molar-refractivity contribution in [2.45, 2.75) is 26.4 Å². The summed E-state index contributed by atoms with van der Waals surface area (Å²) in [6, 6.07) is 5.39. The molecule has 4 aromatic heterocycles. The molecule has 0 bridgehead atoms. The fourth-order valence-electron chi connectivity index (χ4n) is 3.66. The topological polar surface area (TPSA) is 145 Å². The van der Waals surface area contributed by atoms with E-state index in [-0.39, 0.29) is 11.8 Å². The molecule has 0 aliphatic heterocycles. The summed E-state index contributed by atoms with van der Waals surface area (Å²) in [7, 11) is 3.55. The van der Waals surface area contributed by atoms with Crippen molar-refractivity contribution in [3.05, 3.63) is 58.4 Å². The maximum absolute atomic E-state index is 9.24. The summed E-state index contributed by atoms with van der Waals surface area (Å²) in [5, 5.41) is 21.5. The molecule has 4 rings (SSSR count). The summed E-state index contributed by atoms with van der Waals surface area (Å²) in [5.41, 5.74) is 9.49. The first kappa shape index (κ1) is 25.5. The Morgan fingerprint density at radius 2 is 2.00 bits per heavy atom. The lowest BCUT2D eigenvalue weighted by Gasteiger charge is -2.17. The third-order valence-corrected chi connectivity index (χ3v) is 5.59. The van der Waals surface area contributed by atoms with Crippen LogP contribution in [0, 0.1) is 30.1 Å². The second-order valence-electron chi connectivity index (χ2n) is 8.32. The third kappa shape index (κ3) is 5.97. The van der Waals surface area contributed by atoms with Crippen LogP contribution in [0.2, 0.25) is 5.15 Å². The van der Waals surface area contributed by atoms with Gasteiger partial charge in [-0.25, -0.2) is 19.6 Å². The Morgan fingerprint density at radius 1 is 1.22 bits per heavy atom. The standard InChI is InChI=1S/C25H25ClN10O/c1-15(37-25-23(16(2)33-36(25)4)24-30-10-8-22(28)32-24)7-9-29-19-11-21(26)31-13-17(19)5-6-18-14-35(3)34-20(18)12-27/h8,10-11,13-15H,7,9H2,1-4H3,(H,29,31)(H2,28,30,32)/t15-/m0/s1. The van der Waals surface area contributed by atoms with Crippen LogP contribution in [0.5, 0.6) is 5.88 Å². The largest absolute Gasteiger partial charge is 0.474 e. The van der Waals surface area contributed by atoms with Crippen LogP contribution in [0.25, 0.3) is 11.4 Å². The number of ether oxygens (including phenoxy) is 1. The molecule has 1 atom stereocenters. The van der Waals surface area contributed by atoms with Gasteiger partial charge < -0.3 is 15.8 Å². The van der Waals surface area contributed by atoms with Crippen LogP contribution in [-0.4, -0.2) is 47.2 Å². The maximum Gasteiger partial charge on any atom is 0.223 e. The highest BCUT2D eigenvalue weighted by Gasteiger charge is 2.21. The highest BCUT2D eigenvalue weighted by molar-refractivity contribution is 6.29. The second kappa shape index (κ2) is 11.0. The molecule has 12 heteroatoms. The fraction of sp³-hybridized carbons (Fsp3) is 0.280.